The van der Waals surface area contributed by atoms with E-state index >= 15 is 0 Å². The maximum Gasteiger partial charge on any atom is 0.243 e. The van der Waals surface area contributed by atoms with E-state index in [1.807, 2.05) is 0 Å². The van der Waals surface area contributed by atoms with Crippen molar-refractivity contribution < 1.29 is 26.7 Å². The predicted molar refractivity (Wildman–Crippen MR) is 88.5 cm³/mol. The summed E-state index contributed by atoms with van der Waals surface area (Å²) in [6, 6.07) is 3.64. The van der Waals surface area contributed by atoms with Gasteiger partial charge in [0.15, 0.2) is 0 Å². The number of sulfonamides is 2. The quantitative estimate of drug-likeness (QED) is 0.628. The molecule has 1 aliphatic rings. The molecule has 0 saturated carbocycles. The molecule has 8 nitrogen and oxygen atoms in total. The van der Waals surface area contributed by atoms with Crippen molar-refractivity contribution in [2.45, 2.75) is 42.5 Å². The molecule has 0 N–H and O–H groups in total. The maximum atomic E-state index is 12.6. The molecule has 1 aromatic carbocycles. The van der Waals surface area contributed by atoms with Gasteiger partial charge in [-0.2, -0.15) is 8.61 Å². The monoisotopic (exact) mass is 389 g/mol. The molecular weight excluding hydrogens is 368 g/mol. The third kappa shape index (κ3) is 3.71. The molecule has 1 aliphatic heterocycles. The molecule has 140 valence electrons. The SMILES string of the molecule is CCN(CC)S(=O)(=O)c1ccc(S(=O)(=O)N2CCC[C@@H]2C(=O)[O-])cc1. The predicted octanol–water partition coefficient (Wildman–Crippen LogP) is -0.380. The van der Waals surface area contributed by atoms with Gasteiger partial charge in [-0.15, -0.1) is 0 Å². The largest absolute Gasteiger partial charge is 0.548 e. The van der Waals surface area contributed by atoms with E-state index in [9.17, 15) is 26.7 Å². The number of rotatable bonds is 7. The normalized spacial score (nSPS) is 19.4. The van der Waals surface area contributed by atoms with Crippen LogP contribution in [-0.2, 0) is 24.8 Å². The highest BCUT2D eigenvalue weighted by molar-refractivity contribution is 7.89. The summed E-state index contributed by atoms with van der Waals surface area (Å²) < 4.78 is 52.3. The van der Waals surface area contributed by atoms with Crippen LogP contribution in [0.3, 0.4) is 0 Å². The summed E-state index contributed by atoms with van der Waals surface area (Å²) in [5, 5.41) is 11.1. The average Bonchev–Trinajstić information content (AvgIpc) is 3.06. The third-order valence-corrected chi connectivity index (χ3v) is 8.24. The van der Waals surface area contributed by atoms with Crippen molar-refractivity contribution in [2.24, 2.45) is 0 Å². The molecule has 0 unspecified atom stereocenters. The standard InChI is InChI=1S/C15H22N2O6S2/c1-3-16(4-2)24(20,21)12-7-9-13(10-8-12)25(22,23)17-11-5-6-14(17)15(18)19/h7-10,14H,3-6,11H2,1-2H3,(H,18,19)/p-1/t14-/m1/s1. The lowest BCUT2D eigenvalue weighted by Crippen LogP contribution is -2.46. The number of nitrogens with zero attached hydrogens (tertiary/aromatic N) is 2. The highest BCUT2D eigenvalue weighted by Gasteiger charge is 2.36. The van der Waals surface area contributed by atoms with E-state index in [4.69, 9.17) is 0 Å². The van der Waals surface area contributed by atoms with Gasteiger partial charge in [-0.05, 0) is 37.1 Å². The minimum absolute atomic E-state index is 0.00646. The van der Waals surface area contributed by atoms with Crippen LogP contribution in [0, 0.1) is 0 Å². The number of carbonyl (C=O) groups is 1. The van der Waals surface area contributed by atoms with E-state index in [-0.39, 0.29) is 22.8 Å². The molecule has 1 heterocycles. The summed E-state index contributed by atoms with van der Waals surface area (Å²) in [7, 11) is -7.71. The van der Waals surface area contributed by atoms with Crippen LogP contribution in [0.5, 0.6) is 0 Å². The first-order valence-electron chi connectivity index (χ1n) is 7.99. The van der Waals surface area contributed by atoms with Gasteiger partial charge in [-0.3, -0.25) is 0 Å². The number of aliphatic carboxylic acids is 1. The summed E-state index contributed by atoms with van der Waals surface area (Å²) in [5.74, 6) is -1.43. The zero-order valence-corrected chi connectivity index (χ0v) is 15.7. The Morgan fingerprint density at radius 3 is 2.12 bits per heavy atom. The molecule has 25 heavy (non-hydrogen) atoms. The van der Waals surface area contributed by atoms with Crippen LogP contribution in [0.4, 0.5) is 0 Å². The summed E-state index contributed by atoms with van der Waals surface area (Å²) >= 11 is 0. The Hall–Kier alpha value is -1.49. The van der Waals surface area contributed by atoms with Crippen LogP contribution in [-0.4, -0.2) is 57.1 Å². The fraction of sp³-hybridized carbons (Fsp3) is 0.533. The van der Waals surface area contributed by atoms with E-state index in [1.54, 1.807) is 13.8 Å². The molecule has 0 aliphatic carbocycles. The van der Waals surface area contributed by atoms with Crippen molar-refractivity contribution in [3.05, 3.63) is 24.3 Å². The van der Waals surface area contributed by atoms with E-state index in [0.717, 1.165) is 4.31 Å². The van der Waals surface area contributed by atoms with Crippen LogP contribution >= 0.6 is 0 Å². The summed E-state index contributed by atoms with van der Waals surface area (Å²) in [6.07, 6.45) is 0.641. The molecular formula is C15H21N2O6S2-. The second kappa shape index (κ2) is 7.40. The fourth-order valence-electron chi connectivity index (χ4n) is 2.89. The van der Waals surface area contributed by atoms with Crippen LogP contribution < -0.4 is 5.11 Å². The lowest BCUT2D eigenvalue weighted by atomic mass is 10.2. The molecule has 0 bridgehead atoms. The second-order valence-electron chi connectivity index (χ2n) is 5.65. The van der Waals surface area contributed by atoms with Crippen LogP contribution in [0.25, 0.3) is 0 Å². The highest BCUT2D eigenvalue weighted by atomic mass is 32.2. The minimum Gasteiger partial charge on any atom is -0.548 e. The fourth-order valence-corrected chi connectivity index (χ4v) is 6.00. The molecule has 1 saturated heterocycles. The number of hydrogen-bond acceptors (Lipinski definition) is 6. The number of hydrogen-bond donors (Lipinski definition) is 0. The van der Waals surface area contributed by atoms with Gasteiger partial charge in [0.25, 0.3) is 0 Å². The Morgan fingerprint density at radius 1 is 1.12 bits per heavy atom. The maximum absolute atomic E-state index is 12.6. The van der Waals surface area contributed by atoms with Crippen molar-refractivity contribution in [1.82, 2.24) is 8.61 Å². The number of carboxylic acid groups (broad SMARTS) is 1. The smallest absolute Gasteiger partial charge is 0.243 e. The summed E-state index contributed by atoms with van der Waals surface area (Å²) in [5.41, 5.74) is 0. The Bertz CT molecular complexity index is 829. The molecule has 1 aromatic rings. The van der Waals surface area contributed by atoms with Gasteiger partial charge < -0.3 is 9.90 Å². The highest BCUT2D eigenvalue weighted by Crippen LogP contribution is 2.27. The zero-order chi connectivity index (χ0) is 18.8. The van der Waals surface area contributed by atoms with Gasteiger partial charge in [0.05, 0.1) is 21.8 Å². The van der Waals surface area contributed by atoms with Crippen LogP contribution in [0.2, 0.25) is 0 Å². The molecule has 1 atom stereocenters. The van der Waals surface area contributed by atoms with E-state index < -0.39 is 32.1 Å². The lowest BCUT2D eigenvalue weighted by molar-refractivity contribution is -0.309. The molecule has 0 spiro atoms. The number of benzene rings is 1. The Balaban J connectivity index is 2.35. The van der Waals surface area contributed by atoms with Crippen molar-refractivity contribution in [2.75, 3.05) is 19.6 Å². The topological polar surface area (TPSA) is 115 Å². The molecule has 1 fully saturated rings. The van der Waals surface area contributed by atoms with Crippen molar-refractivity contribution in [3.8, 4) is 0 Å². The van der Waals surface area contributed by atoms with E-state index in [1.165, 1.54) is 28.6 Å². The van der Waals surface area contributed by atoms with Crippen LogP contribution in [0.15, 0.2) is 34.1 Å². The minimum atomic E-state index is -4.02. The Labute approximate surface area is 148 Å². The molecule has 0 radical (unpaired) electrons. The summed E-state index contributed by atoms with van der Waals surface area (Å²) in [4.78, 5) is 11.0. The molecule has 2 rings (SSSR count). The van der Waals surface area contributed by atoms with E-state index in [2.05, 4.69) is 0 Å². The average molecular weight is 389 g/mol. The van der Waals surface area contributed by atoms with Crippen molar-refractivity contribution in [3.63, 3.8) is 0 Å². The molecule has 10 heteroatoms. The van der Waals surface area contributed by atoms with Gasteiger partial charge in [-0.1, -0.05) is 13.8 Å². The van der Waals surface area contributed by atoms with Crippen molar-refractivity contribution >= 4 is 26.0 Å². The lowest BCUT2D eigenvalue weighted by Gasteiger charge is -2.25. The Morgan fingerprint density at radius 2 is 1.64 bits per heavy atom. The van der Waals surface area contributed by atoms with E-state index in [0.29, 0.717) is 19.5 Å². The van der Waals surface area contributed by atoms with Gasteiger partial charge >= 0.3 is 0 Å². The third-order valence-electron chi connectivity index (χ3n) is 4.25. The zero-order valence-electron chi connectivity index (χ0n) is 14.1. The van der Waals surface area contributed by atoms with Crippen molar-refractivity contribution in [1.29, 1.82) is 0 Å². The van der Waals surface area contributed by atoms with Gasteiger partial charge in [0.2, 0.25) is 20.0 Å². The van der Waals surface area contributed by atoms with Gasteiger partial charge in [0, 0.05) is 19.6 Å². The summed E-state index contributed by atoms with van der Waals surface area (Å²) in [6.45, 7) is 4.14. The van der Waals surface area contributed by atoms with Crippen LogP contribution in [0.1, 0.15) is 26.7 Å². The molecule has 0 aromatic heterocycles. The number of carboxylic acids is 1. The second-order valence-corrected chi connectivity index (χ2v) is 9.48. The Kier molecular flexibility index (Phi) is 5.87. The van der Waals surface area contributed by atoms with Gasteiger partial charge in [0.1, 0.15) is 0 Å². The van der Waals surface area contributed by atoms with Gasteiger partial charge in [-0.25, -0.2) is 16.8 Å². The first-order chi connectivity index (χ1) is 11.7. The number of carbonyl (C=O) groups excluding carboxylic acids is 1. The first kappa shape index (κ1) is 19.8. The first-order valence-corrected chi connectivity index (χ1v) is 10.9. The molecule has 0 amide bonds.